The number of aromatic nitrogens is 4. The van der Waals surface area contributed by atoms with Crippen molar-refractivity contribution >= 4 is 32.6 Å². The van der Waals surface area contributed by atoms with Gasteiger partial charge in [-0.05, 0) is 47.2 Å². The number of benzene rings is 6. The van der Waals surface area contributed by atoms with E-state index in [4.69, 9.17) is 10.2 Å². The summed E-state index contributed by atoms with van der Waals surface area (Å²) in [7, 11) is 0. The topological polar surface area (TPSA) is 35.6 Å². The molecule has 0 amide bonds. The van der Waals surface area contributed by atoms with Gasteiger partial charge in [-0.15, -0.1) is 10.2 Å². The van der Waals surface area contributed by atoms with Crippen molar-refractivity contribution in [3.8, 4) is 34.2 Å². The van der Waals surface area contributed by atoms with E-state index in [0.29, 0.717) is 0 Å². The molecule has 8 rings (SSSR count). The summed E-state index contributed by atoms with van der Waals surface area (Å²) < 4.78 is 4.51. The van der Waals surface area contributed by atoms with Crippen molar-refractivity contribution in [3.05, 3.63) is 146 Å². The second-order valence-electron chi connectivity index (χ2n) is 9.96. The zero-order valence-corrected chi connectivity index (χ0v) is 21.6. The Balaban J connectivity index is 1.34. The van der Waals surface area contributed by atoms with E-state index in [-0.39, 0.29) is 0 Å². The molecule has 2 aromatic heterocycles. The van der Waals surface area contributed by atoms with E-state index < -0.39 is 0 Å². The van der Waals surface area contributed by atoms with Gasteiger partial charge in [0.05, 0.1) is 11.0 Å². The average molecular weight is 513 g/mol. The molecular weight excluding hydrogens is 488 g/mol. The molecule has 188 valence electrons. The van der Waals surface area contributed by atoms with Crippen molar-refractivity contribution in [1.29, 1.82) is 0 Å². The van der Waals surface area contributed by atoms with Gasteiger partial charge in [0.1, 0.15) is 0 Å². The Morgan fingerprint density at radius 2 is 0.900 bits per heavy atom. The van der Waals surface area contributed by atoms with Gasteiger partial charge in [0.15, 0.2) is 11.6 Å². The Morgan fingerprint density at radius 3 is 1.60 bits per heavy atom. The second kappa shape index (κ2) is 9.07. The minimum Gasteiger partial charge on any atom is -0.309 e. The van der Waals surface area contributed by atoms with Crippen LogP contribution in [0, 0.1) is 0 Å². The average Bonchev–Trinajstić information content (AvgIpc) is 3.61. The molecule has 6 aromatic carbocycles. The first-order chi connectivity index (χ1) is 19.9. The van der Waals surface area contributed by atoms with Gasteiger partial charge in [0, 0.05) is 33.3 Å². The lowest BCUT2D eigenvalue weighted by atomic mass is 10.0. The van der Waals surface area contributed by atoms with Gasteiger partial charge >= 0.3 is 0 Å². The van der Waals surface area contributed by atoms with Gasteiger partial charge in [-0.2, -0.15) is 0 Å². The first kappa shape index (κ1) is 22.5. The van der Waals surface area contributed by atoms with Crippen molar-refractivity contribution in [3.63, 3.8) is 0 Å². The summed E-state index contributed by atoms with van der Waals surface area (Å²) in [4.78, 5) is 0. The van der Waals surface area contributed by atoms with Crippen molar-refractivity contribution in [2.45, 2.75) is 0 Å². The Morgan fingerprint density at radius 1 is 0.375 bits per heavy atom. The zero-order chi connectivity index (χ0) is 26.5. The van der Waals surface area contributed by atoms with Crippen LogP contribution in [0.15, 0.2) is 146 Å². The van der Waals surface area contributed by atoms with Crippen LogP contribution in [-0.2, 0) is 0 Å². The van der Waals surface area contributed by atoms with E-state index in [1.54, 1.807) is 0 Å². The first-order valence-corrected chi connectivity index (χ1v) is 13.4. The van der Waals surface area contributed by atoms with E-state index in [0.717, 1.165) is 39.5 Å². The number of fused-ring (bicyclic) bond motifs is 4. The molecule has 0 saturated heterocycles. The number of rotatable bonds is 4. The predicted octanol–water partition coefficient (Wildman–Crippen LogP) is 8.85. The molecule has 8 aromatic rings. The van der Waals surface area contributed by atoms with Gasteiger partial charge in [-0.25, -0.2) is 0 Å². The molecule has 0 aliphatic rings. The summed E-state index contributed by atoms with van der Waals surface area (Å²) in [5.74, 6) is 1.63. The highest BCUT2D eigenvalue weighted by molar-refractivity contribution is 6.09. The molecule has 0 aliphatic heterocycles. The van der Waals surface area contributed by atoms with Crippen LogP contribution in [0.5, 0.6) is 0 Å². The number of hydrogen-bond acceptors (Lipinski definition) is 2. The smallest absolute Gasteiger partial charge is 0.169 e. The highest BCUT2D eigenvalue weighted by Crippen LogP contribution is 2.35. The summed E-state index contributed by atoms with van der Waals surface area (Å²) >= 11 is 0. The summed E-state index contributed by atoms with van der Waals surface area (Å²) in [5, 5.41) is 14.3. The second-order valence-corrected chi connectivity index (χ2v) is 9.96. The largest absolute Gasteiger partial charge is 0.309 e. The third-order valence-corrected chi connectivity index (χ3v) is 7.67. The molecule has 0 spiro atoms. The Labute approximate surface area is 231 Å². The van der Waals surface area contributed by atoms with Crippen LogP contribution >= 0.6 is 0 Å². The van der Waals surface area contributed by atoms with Gasteiger partial charge < -0.3 is 4.57 Å². The SMILES string of the molecule is c1ccc(-c2nnc(-c3cccc4ccccc34)n2-c2ccc(-n3c4ccccc4c4ccccc43)cc2)cc1. The lowest BCUT2D eigenvalue weighted by molar-refractivity contribution is 1.07. The lowest BCUT2D eigenvalue weighted by Gasteiger charge is -2.14. The minimum absolute atomic E-state index is 0.813. The third kappa shape index (κ3) is 3.47. The van der Waals surface area contributed by atoms with E-state index in [9.17, 15) is 0 Å². The fraction of sp³-hybridized carbons (Fsp3) is 0. The van der Waals surface area contributed by atoms with E-state index in [1.165, 1.54) is 27.2 Å². The van der Waals surface area contributed by atoms with Crippen LogP contribution in [-0.4, -0.2) is 19.3 Å². The Hall–Kier alpha value is -5.48. The van der Waals surface area contributed by atoms with Crippen LogP contribution in [0.4, 0.5) is 0 Å². The maximum Gasteiger partial charge on any atom is 0.169 e. The highest BCUT2D eigenvalue weighted by atomic mass is 15.3. The third-order valence-electron chi connectivity index (χ3n) is 7.67. The number of hydrogen-bond donors (Lipinski definition) is 0. The number of para-hydroxylation sites is 2. The standard InChI is InChI=1S/C36H24N4/c1-2-12-26(13-3-1)35-37-38-36(32-18-10-14-25-11-4-5-15-29(25)32)40(35)28-23-21-27(22-24-28)39-33-19-8-6-16-30(33)31-17-7-9-20-34(31)39/h1-24H. The molecule has 0 radical (unpaired) electrons. The van der Waals surface area contributed by atoms with E-state index >= 15 is 0 Å². The number of nitrogens with zero attached hydrogens (tertiary/aromatic N) is 4. The maximum atomic E-state index is 4.75. The van der Waals surface area contributed by atoms with Gasteiger partial charge in [0.2, 0.25) is 0 Å². The maximum absolute atomic E-state index is 4.75. The molecule has 0 fully saturated rings. The molecule has 4 nitrogen and oxygen atoms in total. The molecular formula is C36H24N4. The molecule has 0 saturated carbocycles. The van der Waals surface area contributed by atoms with Crippen LogP contribution in [0.3, 0.4) is 0 Å². The molecule has 2 heterocycles. The van der Waals surface area contributed by atoms with Gasteiger partial charge in [0.25, 0.3) is 0 Å². The normalized spacial score (nSPS) is 11.5. The zero-order valence-electron chi connectivity index (χ0n) is 21.6. The Kier molecular flexibility index (Phi) is 5.10. The molecule has 0 unspecified atom stereocenters. The van der Waals surface area contributed by atoms with E-state index in [1.807, 2.05) is 18.2 Å². The van der Waals surface area contributed by atoms with Gasteiger partial charge in [-0.3, -0.25) is 4.57 Å². The monoisotopic (exact) mass is 512 g/mol. The van der Waals surface area contributed by atoms with Crippen LogP contribution in [0.2, 0.25) is 0 Å². The van der Waals surface area contributed by atoms with Crippen LogP contribution < -0.4 is 0 Å². The van der Waals surface area contributed by atoms with Crippen molar-refractivity contribution in [2.24, 2.45) is 0 Å². The summed E-state index contributed by atoms with van der Waals surface area (Å²) in [6, 6.07) is 51.0. The van der Waals surface area contributed by atoms with Crippen LogP contribution in [0.25, 0.3) is 66.7 Å². The lowest BCUT2D eigenvalue weighted by Crippen LogP contribution is -2.02. The van der Waals surface area contributed by atoms with Crippen molar-refractivity contribution in [2.75, 3.05) is 0 Å². The molecule has 0 atom stereocenters. The quantitative estimate of drug-likeness (QED) is 0.236. The van der Waals surface area contributed by atoms with Gasteiger partial charge in [-0.1, -0.05) is 109 Å². The van der Waals surface area contributed by atoms with Crippen molar-refractivity contribution < 1.29 is 0 Å². The summed E-state index contributed by atoms with van der Waals surface area (Å²) in [6.07, 6.45) is 0. The first-order valence-electron chi connectivity index (χ1n) is 13.4. The fourth-order valence-electron chi connectivity index (χ4n) is 5.85. The molecule has 40 heavy (non-hydrogen) atoms. The summed E-state index contributed by atoms with van der Waals surface area (Å²) in [6.45, 7) is 0. The predicted molar refractivity (Wildman–Crippen MR) is 164 cm³/mol. The minimum atomic E-state index is 0.813. The Bertz CT molecular complexity index is 2090. The van der Waals surface area contributed by atoms with Crippen LogP contribution in [0.1, 0.15) is 0 Å². The summed E-state index contributed by atoms with van der Waals surface area (Å²) in [5.41, 5.74) is 6.59. The fourth-order valence-corrected chi connectivity index (χ4v) is 5.85. The highest BCUT2D eigenvalue weighted by Gasteiger charge is 2.19. The molecule has 0 aliphatic carbocycles. The molecule has 0 bridgehead atoms. The molecule has 0 N–H and O–H groups in total. The van der Waals surface area contributed by atoms with Crippen molar-refractivity contribution in [1.82, 2.24) is 19.3 Å². The van der Waals surface area contributed by atoms with E-state index in [2.05, 4.69) is 137 Å². The molecule has 4 heteroatoms.